The van der Waals surface area contributed by atoms with Gasteiger partial charge in [-0.05, 0) is 25.3 Å². The van der Waals surface area contributed by atoms with Crippen LogP contribution in [0.15, 0.2) is 0 Å². The molecule has 0 saturated carbocycles. The number of amides is 1. The number of carbonyl (C=O) groups is 1. The fourth-order valence-corrected chi connectivity index (χ4v) is 1.69. The second kappa shape index (κ2) is 5.16. The van der Waals surface area contributed by atoms with Gasteiger partial charge < -0.3 is 5.11 Å². The molecule has 1 fully saturated rings. The zero-order chi connectivity index (χ0) is 9.68. The maximum atomic E-state index is 10.9. The second-order valence-electron chi connectivity index (χ2n) is 3.49. The van der Waals surface area contributed by atoms with E-state index in [1.807, 2.05) is 4.90 Å². The molecule has 1 saturated heterocycles. The van der Waals surface area contributed by atoms with E-state index in [1.54, 1.807) is 0 Å². The Labute approximate surface area is 77.9 Å². The van der Waals surface area contributed by atoms with E-state index in [9.17, 15) is 4.79 Å². The monoisotopic (exact) mass is 187 g/mol. The van der Waals surface area contributed by atoms with Crippen molar-refractivity contribution in [2.24, 2.45) is 11.8 Å². The van der Waals surface area contributed by atoms with Crippen molar-refractivity contribution in [1.82, 2.24) is 10.3 Å². The maximum Gasteiger partial charge on any atom is 0.248 e. The number of aliphatic hydroxyl groups is 1. The molecule has 1 aliphatic heterocycles. The molecule has 1 rings (SSSR count). The Balaban J connectivity index is 2.29. The molecule has 1 atom stereocenters. The smallest absolute Gasteiger partial charge is 0.248 e. The van der Waals surface area contributed by atoms with E-state index in [2.05, 4.69) is 5.43 Å². The summed E-state index contributed by atoms with van der Waals surface area (Å²) in [6.45, 7) is 2.27. The highest BCUT2D eigenvalue weighted by molar-refractivity contribution is 5.77. The molecule has 1 amide bonds. The van der Waals surface area contributed by atoms with Crippen LogP contribution in [0.4, 0.5) is 0 Å². The lowest BCUT2D eigenvalue weighted by atomic mass is 9.99. The van der Waals surface area contributed by atoms with Crippen molar-refractivity contribution in [3.63, 3.8) is 0 Å². The van der Waals surface area contributed by atoms with E-state index in [0.29, 0.717) is 12.5 Å². The Morgan fingerprint density at radius 1 is 1.69 bits per heavy atom. The van der Waals surface area contributed by atoms with E-state index in [1.165, 1.54) is 0 Å². The molecular formula is C8H17N3O2. The van der Waals surface area contributed by atoms with E-state index < -0.39 is 0 Å². The van der Waals surface area contributed by atoms with E-state index >= 15 is 0 Å². The van der Waals surface area contributed by atoms with Crippen LogP contribution in [0.1, 0.15) is 12.8 Å². The van der Waals surface area contributed by atoms with Gasteiger partial charge in [-0.1, -0.05) is 0 Å². The highest BCUT2D eigenvalue weighted by Gasteiger charge is 2.20. The van der Waals surface area contributed by atoms with Gasteiger partial charge in [0, 0.05) is 13.2 Å². The quantitative estimate of drug-likeness (QED) is 0.291. The molecular weight excluding hydrogens is 170 g/mol. The predicted molar refractivity (Wildman–Crippen MR) is 48.6 cm³/mol. The molecule has 5 heteroatoms. The van der Waals surface area contributed by atoms with Crippen LogP contribution in [0, 0.1) is 5.92 Å². The number of nitrogens with one attached hydrogen (secondary N) is 1. The lowest BCUT2D eigenvalue weighted by molar-refractivity contribution is -0.122. The molecule has 0 aliphatic carbocycles. The van der Waals surface area contributed by atoms with E-state index in [4.69, 9.17) is 10.9 Å². The number of hydrogen-bond acceptors (Lipinski definition) is 4. The molecule has 1 aliphatic rings. The highest BCUT2D eigenvalue weighted by Crippen LogP contribution is 2.14. The fraction of sp³-hybridized carbons (Fsp3) is 0.875. The minimum Gasteiger partial charge on any atom is -0.396 e. The van der Waals surface area contributed by atoms with Crippen molar-refractivity contribution >= 4 is 5.91 Å². The Morgan fingerprint density at radius 3 is 3.08 bits per heavy atom. The summed E-state index contributed by atoms with van der Waals surface area (Å²) in [6, 6.07) is 0. The maximum absolute atomic E-state index is 10.9. The number of likely N-dealkylation sites (tertiary alicyclic amines) is 1. The van der Waals surface area contributed by atoms with Crippen molar-refractivity contribution in [2.45, 2.75) is 12.8 Å². The topological polar surface area (TPSA) is 78.6 Å². The third kappa shape index (κ3) is 3.30. The van der Waals surface area contributed by atoms with Crippen molar-refractivity contribution in [3.05, 3.63) is 0 Å². The number of hydrogen-bond donors (Lipinski definition) is 3. The molecule has 0 bridgehead atoms. The Hall–Kier alpha value is -0.650. The minimum absolute atomic E-state index is 0.168. The van der Waals surface area contributed by atoms with Crippen LogP contribution in [0.2, 0.25) is 0 Å². The van der Waals surface area contributed by atoms with Crippen molar-refractivity contribution < 1.29 is 9.90 Å². The van der Waals surface area contributed by atoms with Gasteiger partial charge in [0.2, 0.25) is 5.91 Å². The Bertz CT molecular complexity index is 175. The van der Waals surface area contributed by atoms with Gasteiger partial charge in [-0.25, -0.2) is 5.84 Å². The van der Waals surface area contributed by atoms with E-state index in [-0.39, 0.29) is 12.5 Å². The first-order valence-corrected chi connectivity index (χ1v) is 4.59. The number of hydrazine groups is 1. The zero-order valence-corrected chi connectivity index (χ0v) is 7.70. The molecule has 76 valence electrons. The van der Waals surface area contributed by atoms with Crippen LogP contribution in [-0.4, -0.2) is 42.2 Å². The molecule has 5 nitrogen and oxygen atoms in total. The third-order valence-electron chi connectivity index (χ3n) is 2.39. The van der Waals surface area contributed by atoms with Gasteiger partial charge in [-0.3, -0.25) is 15.1 Å². The average Bonchev–Trinajstić information content (AvgIpc) is 2.18. The SMILES string of the molecule is NNC(=O)CN1CCCC(CO)C1. The number of piperidine rings is 1. The van der Waals surface area contributed by atoms with Crippen LogP contribution in [0.25, 0.3) is 0 Å². The molecule has 13 heavy (non-hydrogen) atoms. The summed E-state index contributed by atoms with van der Waals surface area (Å²) in [6.07, 6.45) is 2.10. The van der Waals surface area contributed by atoms with Crippen molar-refractivity contribution in [3.8, 4) is 0 Å². The summed E-state index contributed by atoms with van der Waals surface area (Å²) < 4.78 is 0. The highest BCUT2D eigenvalue weighted by atomic mass is 16.3. The van der Waals surface area contributed by atoms with Crippen LogP contribution in [0.5, 0.6) is 0 Å². The molecule has 0 aromatic heterocycles. The summed E-state index contributed by atoms with van der Waals surface area (Å²) in [5, 5.41) is 8.95. The van der Waals surface area contributed by atoms with Crippen LogP contribution in [-0.2, 0) is 4.79 Å². The molecule has 0 aromatic rings. The second-order valence-corrected chi connectivity index (χ2v) is 3.49. The average molecular weight is 187 g/mol. The van der Waals surface area contributed by atoms with Crippen LogP contribution in [0.3, 0.4) is 0 Å². The van der Waals surface area contributed by atoms with Gasteiger partial charge in [0.1, 0.15) is 0 Å². The summed E-state index contributed by atoms with van der Waals surface area (Å²) >= 11 is 0. The zero-order valence-electron chi connectivity index (χ0n) is 7.70. The first kappa shape index (κ1) is 10.4. The van der Waals surface area contributed by atoms with Crippen molar-refractivity contribution in [1.29, 1.82) is 0 Å². The van der Waals surface area contributed by atoms with Gasteiger partial charge in [-0.2, -0.15) is 0 Å². The number of rotatable bonds is 3. The molecule has 0 aromatic carbocycles. The largest absolute Gasteiger partial charge is 0.396 e. The third-order valence-corrected chi connectivity index (χ3v) is 2.39. The first-order chi connectivity index (χ1) is 6.26. The summed E-state index contributed by atoms with van der Waals surface area (Å²) in [4.78, 5) is 13.0. The predicted octanol–water partition coefficient (Wildman–Crippen LogP) is -1.32. The normalized spacial score (nSPS) is 24.3. The standard InChI is InChI=1S/C8H17N3O2/c9-10-8(13)5-11-3-1-2-7(4-11)6-12/h7,12H,1-6,9H2,(H,10,13). The van der Waals surface area contributed by atoms with Crippen LogP contribution < -0.4 is 11.3 Å². The molecule has 0 radical (unpaired) electrons. The Morgan fingerprint density at radius 2 is 2.46 bits per heavy atom. The summed E-state index contributed by atoms with van der Waals surface area (Å²) in [7, 11) is 0. The molecule has 4 N–H and O–H groups in total. The van der Waals surface area contributed by atoms with Gasteiger partial charge in [0.15, 0.2) is 0 Å². The fourth-order valence-electron chi connectivity index (χ4n) is 1.69. The number of aliphatic hydroxyl groups excluding tert-OH is 1. The molecule has 1 heterocycles. The number of carbonyl (C=O) groups excluding carboxylic acids is 1. The number of nitrogens with two attached hydrogens (primary N) is 1. The Kier molecular flexibility index (Phi) is 4.14. The van der Waals surface area contributed by atoms with Crippen LogP contribution >= 0.6 is 0 Å². The summed E-state index contributed by atoms with van der Waals surface area (Å²) in [5.41, 5.74) is 2.10. The van der Waals surface area contributed by atoms with Gasteiger partial charge in [-0.15, -0.1) is 0 Å². The van der Waals surface area contributed by atoms with Crippen molar-refractivity contribution in [2.75, 3.05) is 26.2 Å². The molecule has 0 spiro atoms. The molecule has 1 unspecified atom stereocenters. The first-order valence-electron chi connectivity index (χ1n) is 4.59. The minimum atomic E-state index is -0.168. The lowest BCUT2D eigenvalue weighted by Gasteiger charge is -2.30. The summed E-state index contributed by atoms with van der Waals surface area (Å²) in [5.74, 6) is 5.13. The van der Waals surface area contributed by atoms with Gasteiger partial charge in [0.05, 0.1) is 6.54 Å². The van der Waals surface area contributed by atoms with E-state index in [0.717, 1.165) is 25.9 Å². The van der Waals surface area contributed by atoms with Gasteiger partial charge >= 0.3 is 0 Å². The van der Waals surface area contributed by atoms with Gasteiger partial charge in [0.25, 0.3) is 0 Å². The number of nitrogens with zero attached hydrogens (tertiary/aromatic N) is 1. The lowest BCUT2D eigenvalue weighted by Crippen LogP contribution is -2.44.